The SMILES string of the molecule is CCC(C)C(=O)C(C)CC(C)(C)C. The van der Waals surface area contributed by atoms with Crippen LogP contribution >= 0.6 is 0 Å². The Hall–Kier alpha value is -0.330. The van der Waals surface area contributed by atoms with Crippen molar-refractivity contribution in [1.82, 2.24) is 0 Å². The van der Waals surface area contributed by atoms with Gasteiger partial charge in [0.15, 0.2) is 0 Å². The lowest BCUT2D eigenvalue weighted by Crippen LogP contribution is -2.23. The number of hydrogen-bond acceptors (Lipinski definition) is 1. The number of rotatable bonds is 4. The largest absolute Gasteiger partial charge is 0.299 e. The Bertz CT molecular complexity index is 164. The third kappa shape index (κ3) is 5.07. The van der Waals surface area contributed by atoms with Gasteiger partial charge < -0.3 is 0 Å². The molecule has 0 aromatic carbocycles. The zero-order valence-corrected chi connectivity index (χ0v) is 9.98. The second-order valence-electron chi connectivity index (χ2n) is 5.38. The zero-order chi connectivity index (χ0) is 10.6. The highest BCUT2D eigenvalue weighted by atomic mass is 16.1. The summed E-state index contributed by atoms with van der Waals surface area (Å²) in [6, 6.07) is 0. The average Bonchev–Trinajstić information content (AvgIpc) is 1.98. The molecule has 0 aromatic rings. The molecule has 0 saturated heterocycles. The molecule has 0 amide bonds. The van der Waals surface area contributed by atoms with Gasteiger partial charge in [-0.05, 0) is 18.3 Å². The summed E-state index contributed by atoms with van der Waals surface area (Å²) in [5.41, 5.74) is 0.266. The lowest BCUT2D eigenvalue weighted by molar-refractivity contribution is -0.126. The van der Waals surface area contributed by atoms with E-state index in [1.807, 2.05) is 6.92 Å². The van der Waals surface area contributed by atoms with E-state index < -0.39 is 0 Å². The van der Waals surface area contributed by atoms with E-state index in [1.54, 1.807) is 0 Å². The fourth-order valence-corrected chi connectivity index (χ4v) is 1.71. The minimum Gasteiger partial charge on any atom is -0.299 e. The molecule has 0 spiro atoms. The van der Waals surface area contributed by atoms with Gasteiger partial charge in [0.1, 0.15) is 5.78 Å². The molecule has 2 unspecified atom stereocenters. The normalized spacial score (nSPS) is 16.8. The van der Waals surface area contributed by atoms with Crippen LogP contribution in [0.25, 0.3) is 0 Å². The van der Waals surface area contributed by atoms with Gasteiger partial charge in [0, 0.05) is 11.8 Å². The van der Waals surface area contributed by atoms with Gasteiger partial charge >= 0.3 is 0 Å². The lowest BCUT2D eigenvalue weighted by atomic mass is 9.81. The number of Topliss-reactive ketones (excluding diaryl/α,β-unsaturated/α-hetero) is 1. The first kappa shape index (κ1) is 12.7. The maximum Gasteiger partial charge on any atom is 0.138 e. The van der Waals surface area contributed by atoms with Crippen LogP contribution in [0, 0.1) is 17.3 Å². The van der Waals surface area contributed by atoms with Crippen LogP contribution in [0.2, 0.25) is 0 Å². The molecule has 1 heteroatoms. The fraction of sp³-hybridized carbons (Fsp3) is 0.917. The predicted octanol–water partition coefficient (Wildman–Crippen LogP) is 3.67. The summed E-state index contributed by atoms with van der Waals surface area (Å²) in [5.74, 6) is 0.879. The maximum atomic E-state index is 11.8. The monoisotopic (exact) mass is 184 g/mol. The second kappa shape index (κ2) is 4.78. The van der Waals surface area contributed by atoms with Crippen molar-refractivity contribution in [2.75, 3.05) is 0 Å². The highest BCUT2D eigenvalue weighted by molar-refractivity contribution is 5.82. The van der Waals surface area contributed by atoms with E-state index in [2.05, 4.69) is 34.6 Å². The number of carbonyl (C=O) groups is 1. The number of hydrogen-bond donors (Lipinski definition) is 0. The van der Waals surface area contributed by atoms with E-state index in [-0.39, 0.29) is 17.3 Å². The topological polar surface area (TPSA) is 17.1 Å². The van der Waals surface area contributed by atoms with E-state index >= 15 is 0 Å². The third-order valence-corrected chi connectivity index (χ3v) is 2.50. The van der Waals surface area contributed by atoms with Crippen LogP contribution in [0.15, 0.2) is 0 Å². The Balaban J connectivity index is 4.12. The molecule has 0 heterocycles. The van der Waals surface area contributed by atoms with Gasteiger partial charge in [0.05, 0.1) is 0 Å². The summed E-state index contributed by atoms with van der Waals surface area (Å²) in [6.45, 7) is 12.7. The van der Waals surface area contributed by atoms with Crippen molar-refractivity contribution < 1.29 is 4.79 Å². The standard InChI is InChI=1S/C12H24O/c1-7-9(2)11(13)10(3)8-12(4,5)6/h9-10H,7-8H2,1-6H3. The van der Waals surface area contributed by atoms with Crippen LogP contribution in [0.3, 0.4) is 0 Å². The summed E-state index contributed by atoms with van der Waals surface area (Å²) in [7, 11) is 0. The number of ketones is 1. The Morgan fingerprint density at radius 1 is 1.15 bits per heavy atom. The van der Waals surface area contributed by atoms with Gasteiger partial charge in [0.25, 0.3) is 0 Å². The Morgan fingerprint density at radius 3 is 1.92 bits per heavy atom. The van der Waals surface area contributed by atoms with E-state index in [0.717, 1.165) is 12.8 Å². The zero-order valence-electron chi connectivity index (χ0n) is 9.98. The van der Waals surface area contributed by atoms with E-state index in [4.69, 9.17) is 0 Å². The van der Waals surface area contributed by atoms with E-state index in [1.165, 1.54) is 0 Å². The molecule has 78 valence electrons. The van der Waals surface area contributed by atoms with Gasteiger partial charge in [-0.15, -0.1) is 0 Å². The molecule has 0 saturated carbocycles. The molecule has 0 N–H and O–H groups in total. The van der Waals surface area contributed by atoms with Crippen molar-refractivity contribution >= 4 is 5.78 Å². The highest BCUT2D eigenvalue weighted by Gasteiger charge is 2.23. The minimum atomic E-state index is 0.218. The van der Waals surface area contributed by atoms with Crippen LogP contribution in [0.5, 0.6) is 0 Å². The molecule has 0 aliphatic carbocycles. The van der Waals surface area contributed by atoms with Crippen molar-refractivity contribution in [3.63, 3.8) is 0 Å². The predicted molar refractivity (Wildman–Crippen MR) is 57.7 cm³/mol. The minimum absolute atomic E-state index is 0.218. The molecule has 2 atom stereocenters. The van der Waals surface area contributed by atoms with Crippen LogP contribution < -0.4 is 0 Å². The summed E-state index contributed by atoms with van der Waals surface area (Å²) in [6.07, 6.45) is 1.96. The molecule has 13 heavy (non-hydrogen) atoms. The van der Waals surface area contributed by atoms with Crippen molar-refractivity contribution in [2.24, 2.45) is 17.3 Å². The third-order valence-electron chi connectivity index (χ3n) is 2.50. The first-order valence-corrected chi connectivity index (χ1v) is 5.31. The van der Waals surface area contributed by atoms with Gasteiger partial charge in [0.2, 0.25) is 0 Å². The molecule has 1 nitrogen and oxygen atoms in total. The first-order chi connectivity index (χ1) is 5.78. The Morgan fingerprint density at radius 2 is 1.62 bits per heavy atom. The van der Waals surface area contributed by atoms with Gasteiger partial charge in [-0.2, -0.15) is 0 Å². The van der Waals surface area contributed by atoms with Crippen molar-refractivity contribution in [3.8, 4) is 0 Å². The Labute approximate surface area is 82.9 Å². The fourth-order valence-electron chi connectivity index (χ4n) is 1.71. The first-order valence-electron chi connectivity index (χ1n) is 5.31. The molecule has 0 radical (unpaired) electrons. The van der Waals surface area contributed by atoms with Crippen molar-refractivity contribution in [3.05, 3.63) is 0 Å². The maximum absolute atomic E-state index is 11.8. The quantitative estimate of drug-likeness (QED) is 0.651. The molecule has 0 bridgehead atoms. The Kier molecular flexibility index (Phi) is 4.66. The summed E-state index contributed by atoms with van der Waals surface area (Å²) >= 11 is 0. The van der Waals surface area contributed by atoms with Gasteiger partial charge in [-0.1, -0.05) is 41.5 Å². The molecule has 0 aliphatic heterocycles. The molecule has 0 aromatic heterocycles. The average molecular weight is 184 g/mol. The number of carbonyl (C=O) groups excluding carboxylic acids is 1. The summed E-state index contributed by atoms with van der Waals surface area (Å²) in [4.78, 5) is 11.8. The van der Waals surface area contributed by atoms with Gasteiger partial charge in [-0.3, -0.25) is 4.79 Å². The second-order valence-corrected chi connectivity index (χ2v) is 5.38. The van der Waals surface area contributed by atoms with E-state index in [9.17, 15) is 4.79 Å². The van der Waals surface area contributed by atoms with Crippen molar-refractivity contribution in [1.29, 1.82) is 0 Å². The smallest absolute Gasteiger partial charge is 0.138 e. The summed E-state index contributed by atoms with van der Waals surface area (Å²) < 4.78 is 0. The van der Waals surface area contributed by atoms with Crippen molar-refractivity contribution in [2.45, 2.75) is 54.4 Å². The lowest BCUT2D eigenvalue weighted by Gasteiger charge is -2.24. The summed E-state index contributed by atoms with van der Waals surface area (Å²) in [5, 5.41) is 0. The van der Waals surface area contributed by atoms with Crippen LogP contribution in [0.4, 0.5) is 0 Å². The van der Waals surface area contributed by atoms with Crippen LogP contribution in [-0.4, -0.2) is 5.78 Å². The molecule has 0 rings (SSSR count). The highest BCUT2D eigenvalue weighted by Crippen LogP contribution is 2.26. The van der Waals surface area contributed by atoms with Crippen LogP contribution in [0.1, 0.15) is 54.4 Å². The molecular formula is C12H24O. The van der Waals surface area contributed by atoms with E-state index in [0.29, 0.717) is 5.78 Å². The van der Waals surface area contributed by atoms with Crippen LogP contribution in [-0.2, 0) is 4.79 Å². The molecule has 0 fully saturated rings. The molecular weight excluding hydrogens is 160 g/mol. The van der Waals surface area contributed by atoms with Gasteiger partial charge in [-0.25, -0.2) is 0 Å². The molecule has 0 aliphatic rings.